The molecule has 1 N–H and O–H groups in total. The third-order valence-corrected chi connectivity index (χ3v) is 4.56. The molecular weight excluding hydrogens is 244 g/mol. The number of aliphatic hydroxyl groups excluding tert-OH is 1. The Morgan fingerprint density at radius 1 is 1.47 bits per heavy atom. The molecule has 1 heterocycles. The van der Waals surface area contributed by atoms with Crippen molar-refractivity contribution in [3.63, 3.8) is 0 Å². The van der Waals surface area contributed by atoms with E-state index in [1.54, 1.807) is 6.07 Å². The molecular formula is C11H12O5S. The monoisotopic (exact) mass is 256 g/mol. The van der Waals surface area contributed by atoms with Gasteiger partial charge < -0.3 is 9.84 Å². The minimum atomic E-state index is -3.51. The Hall–Kier alpha value is -1.40. The summed E-state index contributed by atoms with van der Waals surface area (Å²) in [4.78, 5) is 11.4. The molecule has 1 aliphatic heterocycles. The van der Waals surface area contributed by atoms with Crippen LogP contribution < -0.4 is 0 Å². The van der Waals surface area contributed by atoms with Crippen molar-refractivity contribution in [2.45, 2.75) is 17.4 Å². The van der Waals surface area contributed by atoms with Gasteiger partial charge in [0.15, 0.2) is 9.84 Å². The van der Waals surface area contributed by atoms with E-state index in [1.807, 2.05) is 0 Å². The Kier molecular flexibility index (Phi) is 2.92. The maximum atomic E-state index is 11.8. The molecule has 0 radical (unpaired) electrons. The second-order valence-corrected chi connectivity index (χ2v) is 5.96. The molecule has 6 heteroatoms. The fourth-order valence-electron chi connectivity index (χ4n) is 1.91. The average molecular weight is 256 g/mol. The summed E-state index contributed by atoms with van der Waals surface area (Å²) in [6.45, 7) is 0. The van der Waals surface area contributed by atoms with E-state index < -0.39 is 21.9 Å². The number of aliphatic hydroxyl groups is 1. The molecule has 0 bridgehead atoms. The Morgan fingerprint density at radius 2 is 2.18 bits per heavy atom. The number of carbonyl (C=O) groups excluding carboxylic acids is 1. The van der Waals surface area contributed by atoms with Crippen LogP contribution in [-0.2, 0) is 21.0 Å². The minimum absolute atomic E-state index is 0.116. The molecule has 0 saturated carbocycles. The fraction of sp³-hybridized carbons (Fsp3) is 0.364. The SMILES string of the molecule is COC(=O)c1ccc2c(c1)S(=O)(=O)CC(O)C2. The van der Waals surface area contributed by atoms with Crippen molar-refractivity contribution < 1.29 is 23.1 Å². The van der Waals surface area contributed by atoms with Crippen LogP contribution >= 0.6 is 0 Å². The zero-order chi connectivity index (χ0) is 12.6. The van der Waals surface area contributed by atoms with Crippen LogP contribution in [0.15, 0.2) is 23.1 Å². The van der Waals surface area contributed by atoms with Gasteiger partial charge in [-0.25, -0.2) is 13.2 Å². The van der Waals surface area contributed by atoms with Gasteiger partial charge in [0.05, 0.1) is 29.4 Å². The molecule has 0 spiro atoms. The molecule has 17 heavy (non-hydrogen) atoms. The van der Waals surface area contributed by atoms with Crippen LogP contribution in [0.4, 0.5) is 0 Å². The lowest BCUT2D eigenvalue weighted by Crippen LogP contribution is -2.29. The molecule has 0 saturated heterocycles. The molecule has 92 valence electrons. The fourth-order valence-corrected chi connectivity index (χ4v) is 3.57. The standard InChI is InChI=1S/C11H12O5S/c1-16-11(13)8-3-2-7-4-9(12)6-17(14,15)10(7)5-8/h2-3,5,9,12H,4,6H2,1H3. The summed E-state index contributed by atoms with van der Waals surface area (Å²) < 4.78 is 28.2. The van der Waals surface area contributed by atoms with Gasteiger partial charge >= 0.3 is 5.97 Å². The van der Waals surface area contributed by atoms with E-state index in [0.29, 0.717) is 5.56 Å². The zero-order valence-electron chi connectivity index (χ0n) is 9.21. The van der Waals surface area contributed by atoms with Crippen molar-refractivity contribution >= 4 is 15.8 Å². The number of hydrogen-bond acceptors (Lipinski definition) is 5. The van der Waals surface area contributed by atoms with Crippen molar-refractivity contribution in [1.82, 2.24) is 0 Å². The van der Waals surface area contributed by atoms with Crippen LogP contribution in [0, 0.1) is 0 Å². The number of sulfone groups is 1. The van der Waals surface area contributed by atoms with Gasteiger partial charge in [0.2, 0.25) is 0 Å². The second-order valence-electron chi connectivity index (χ2n) is 3.95. The number of ether oxygens (including phenoxy) is 1. The first-order valence-corrected chi connectivity index (χ1v) is 6.71. The topological polar surface area (TPSA) is 80.7 Å². The predicted octanol–water partition coefficient (Wildman–Crippen LogP) is 0.164. The Bertz CT molecular complexity index is 561. The van der Waals surface area contributed by atoms with Crippen LogP contribution in [0.5, 0.6) is 0 Å². The normalized spacial score (nSPS) is 21.6. The van der Waals surface area contributed by atoms with Crippen molar-refractivity contribution in [3.05, 3.63) is 29.3 Å². The molecule has 0 aliphatic carbocycles. The van der Waals surface area contributed by atoms with E-state index in [4.69, 9.17) is 0 Å². The van der Waals surface area contributed by atoms with Gasteiger partial charge in [0.1, 0.15) is 0 Å². The first kappa shape index (κ1) is 12.1. The Morgan fingerprint density at radius 3 is 2.82 bits per heavy atom. The van der Waals surface area contributed by atoms with Crippen LogP contribution in [0.3, 0.4) is 0 Å². The lowest BCUT2D eigenvalue weighted by molar-refractivity contribution is 0.0600. The zero-order valence-corrected chi connectivity index (χ0v) is 10.0. The number of carbonyl (C=O) groups is 1. The van der Waals surface area contributed by atoms with E-state index in [1.165, 1.54) is 19.2 Å². The van der Waals surface area contributed by atoms with Crippen LogP contribution in [0.25, 0.3) is 0 Å². The smallest absolute Gasteiger partial charge is 0.337 e. The summed E-state index contributed by atoms with van der Waals surface area (Å²) in [7, 11) is -2.28. The van der Waals surface area contributed by atoms with Crippen molar-refractivity contribution in [2.24, 2.45) is 0 Å². The molecule has 1 aromatic rings. The Balaban J connectivity index is 2.55. The highest BCUT2D eigenvalue weighted by Gasteiger charge is 2.29. The molecule has 0 fully saturated rings. The summed E-state index contributed by atoms with van der Waals surface area (Å²) in [6.07, 6.45) is -0.591. The van der Waals surface area contributed by atoms with E-state index in [2.05, 4.69) is 4.74 Å². The van der Waals surface area contributed by atoms with Gasteiger partial charge in [0, 0.05) is 6.42 Å². The highest BCUT2D eigenvalue weighted by Crippen LogP contribution is 2.26. The maximum Gasteiger partial charge on any atom is 0.337 e. The van der Waals surface area contributed by atoms with Crippen molar-refractivity contribution in [2.75, 3.05) is 12.9 Å². The average Bonchev–Trinajstić information content (AvgIpc) is 2.26. The highest BCUT2D eigenvalue weighted by atomic mass is 32.2. The number of benzene rings is 1. The molecule has 5 nitrogen and oxygen atoms in total. The van der Waals surface area contributed by atoms with E-state index in [-0.39, 0.29) is 22.6 Å². The maximum absolute atomic E-state index is 11.8. The van der Waals surface area contributed by atoms with Gasteiger partial charge in [-0.3, -0.25) is 0 Å². The lowest BCUT2D eigenvalue weighted by atomic mass is 10.1. The third kappa shape index (κ3) is 2.18. The Labute approximate surface area is 98.9 Å². The number of fused-ring (bicyclic) bond motifs is 1. The lowest BCUT2D eigenvalue weighted by Gasteiger charge is -2.21. The number of rotatable bonds is 1. The van der Waals surface area contributed by atoms with Crippen LogP contribution in [0.2, 0.25) is 0 Å². The first-order valence-electron chi connectivity index (χ1n) is 5.06. The molecule has 0 aromatic heterocycles. The largest absolute Gasteiger partial charge is 0.465 e. The van der Waals surface area contributed by atoms with Gasteiger partial charge in [-0.2, -0.15) is 0 Å². The van der Waals surface area contributed by atoms with E-state index >= 15 is 0 Å². The summed E-state index contributed by atoms with van der Waals surface area (Å²) >= 11 is 0. The summed E-state index contributed by atoms with van der Waals surface area (Å²) in [5.41, 5.74) is 0.739. The number of methoxy groups -OCH3 is 1. The predicted molar refractivity (Wildman–Crippen MR) is 59.5 cm³/mol. The van der Waals surface area contributed by atoms with Crippen molar-refractivity contribution in [3.8, 4) is 0 Å². The molecule has 1 atom stereocenters. The minimum Gasteiger partial charge on any atom is -0.465 e. The number of esters is 1. The van der Waals surface area contributed by atoms with Crippen LogP contribution in [0.1, 0.15) is 15.9 Å². The van der Waals surface area contributed by atoms with Crippen LogP contribution in [-0.4, -0.2) is 38.5 Å². The molecule has 1 unspecified atom stereocenters. The van der Waals surface area contributed by atoms with E-state index in [9.17, 15) is 18.3 Å². The first-order chi connectivity index (χ1) is 7.94. The van der Waals surface area contributed by atoms with E-state index in [0.717, 1.165) is 0 Å². The number of hydrogen-bond donors (Lipinski definition) is 1. The molecule has 2 rings (SSSR count). The van der Waals surface area contributed by atoms with Crippen molar-refractivity contribution in [1.29, 1.82) is 0 Å². The van der Waals surface area contributed by atoms with Gasteiger partial charge in [0.25, 0.3) is 0 Å². The van der Waals surface area contributed by atoms with Gasteiger partial charge in [-0.15, -0.1) is 0 Å². The van der Waals surface area contributed by atoms with Gasteiger partial charge in [-0.05, 0) is 17.7 Å². The quantitative estimate of drug-likeness (QED) is 0.724. The molecule has 1 aliphatic rings. The summed E-state index contributed by atoms with van der Waals surface area (Å²) in [6, 6.07) is 4.35. The molecule has 0 amide bonds. The third-order valence-electron chi connectivity index (χ3n) is 2.69. The summed E-state index contributed by atoms with van der Waals surface area (Å²) in [5, 5.41) is 9.45. The van der Waals surface area contributed by atoms with Gasteiger partial charge in [-0.1, -0.05) is 6.07 Å². The second kappa shape index (κ2) is 4.12. The highest BCUT2D eigenvalue weighted by molar-refractivity contribution is 7.91. The molecule has 1 aromatic carbocycles. The summed E-state index contributed by atoms with van der Waals surface area (Å²) in [5.74, 6) is -0.876.